The van der Waals surface area contributed by atoms with Crippen LogP contribution in [0.1, 0.15) is 42.2 Å². The third kappa shape index (κ3) is 4.09. The second kappa shape index (κ2) is 8.70. The highest BCUT2D eigenvalue weighted by Gasteiger charge is 2.29. The van der Waals surface area contributed by atoms with Gasteiger partial charge in [-0.1, -0.05) is 42.5 Å². The molecule has 1 atom stereocenters. The Labute approximate surface area is 194 Å². The van der Waals surface area contributed by atoms with Crippen LogP contribution in [0.15, 0.2) is 66.9 Å². The van der Waals surface area contributed by atoms with E-state index in [2.05, 4.69) is 55.5 Å². The summed E-state index contributed by atoms with van der Waals surface area (Å²) in [6.45, 7) is 7.64. The van der Waals surface area contributed by atoms with Crippen LogP contribution in [0.4, 0.5) is 5.69 Å². The highest BCUT2D eigenvalue weighted by atomic mass is 16.2. The summed E-state index contributed by atoms with van der Waals surface area (Å²) in [6.07, 6.45) is 2.71. The molecule has 1 amide bonds. The number of amides is 1. The summed E-state index contributed by atoms with van der Waals surface area (Å²) >= 11 is 0. The third-order valence-corrected chi connectivity index (χ3v) is 6.33. The van der Waals surface area contributed by atoms with Crippen LogP contribution in [0.2, 0.25) is 0 Å². The topological polar surface area (TPSA) is 63.1 Å². The maximum atomic E-state index is 13.7. The van der Waals surface area contributed by atoms with Crippen molar-refractivity contribution in [3.8, 4) is 11.3 Å². The molecule has 1 aliphatic rings. The van der Waals surface area contributed by atoms with Crippen molar-refractivity contribution in [2.24, 2.45) is 0 Å². The van der Waals surface area contributed by atoms with Gasteiger partial charge in [0, 0.05) is 36.4 Å². The molecule has 6 nitrogen and oxygen atoms in total. The molecule has 5 rings (SSSR count). The third-order valence-electron chi connectivity index (χ3n) is 6.33. The Morgan fingerprint density at radius 2 is 1.85 bits per heavy atom. The minimum Gasteiger partial charge on any atom is -0.380 e. The minimum atomic E-state index is 0.0397. The number of rotatable bonds is 5. The predicted octanol–water partition coefficient (Wildman–Crippen LogP) is 5.31. The van der Waals surface area contributed by atoms with Gasteiger partial charge in [0.25, 0.3) is 5.91 Å². The van der Waals surface area contributed by atoms with Gasteiger partial charge in [-0.25, -0.2) is 9.67 Å². The summed E-state index contributed by atoms with van der Waals surface area (Å²) < 4.78 is 1.90. The zero-order valence-corrected chi connectivity index (χ0v) is 19.3. The number of benzene rings is 2. The van der Waals surface area contributed by atoms with E-state index >= 15 is 0 Å². The molecular weight excluding hydrogens is 410 g/mol. The lowest BCUT2D eigenvalue weighted by Crippen LogP contribution is -2.31. The number of nitrogens with one attached hydrogen (secondary N) is 1. The first-order valence-electron chi connectivity index (χ1n) is 11.6. The molecule has 33 heavy (non-hydrogen) atoms. The van der Waals surface area contributed by atoms with E-state index in [1.807, 2.05) is 46.0 Å². The van der Waals surface area contributed by atoms with E-state index < -0.39 is 0 Å². The van der Waals surface area contributed by atoms with E-state index in [4.69, 9.17) is 4.98 Å². The fraction of sp³-hybridized carbons (Fsp3) is 0.296. The lowest BCUT2D eigenvalue weighted by Gasteiger charge is -2.19. The molecule has 1 unspecified atom stereocenters. The van der Waals surface area contributed by atoms with Gasteiger partial charge in [0.2, 0.25) is 0 Å². The number of nitrogens with zero attached hydrogens (tertiary/aromatic N) is 4. The molecule has 2 aromatic carbocycles. The highest BCUT2D eigenvalue weighted by Crippen LogP contribution is 2.29. The molecule has 1 saturated heterocycles. The van der Waals surface area contributed by atoms with Crippen LogP contribution >= 0.6 is 0 Å². The number of aryl methyl sites for hydroxylation is 1. The second-order valence-corrected chi connectivity index (χ2v) is 9.04. The zero-order chi connectivity index (χ0) is 22.9. The van der Waals surface area contributed by atoms with Crippen LogP contribution in [0.3, 0.4) is 0 Å². The number of anilines is 1. The van der Waals surface area contributed by atoms with Crippen molar-refractivity contribution in [2.75, 3.05) is 18.4 Å². The number of pyridine rings is 1. The summed E-state index contributed by atoms with van der Waals surface area (Å²) in [5.74, 6) is 0.0397. The van der Waals surface area contributed by atoms with Gasteiger partial charge in [-0.3, -0.25) is 4.79 Å². The molecule has 0 saturated carbocycles. The Bertz CT molecular complexity index is 1290. The number of aromatic nitrogens is 3. The Morgan fingerprint density at radius 3 is 2.61 bits per heavy atom. The molecule has 0 spiro atoms. The van der Waals surface area contributed by atoms with Gasteiger partial charge in [0.05, 0.1) is 22.8 Å². The van der Waals surface area contributed by atoms with E-state index in [0.717, 1.165) is 46.5 Å². The maximum Gasteiger partial charge on any atom is 0.254 e. The van der Waals surface area contributed by atoms with Crippen molar-refractivity contribution in [1.82, 2.24) is 19.7 Å². The van der Waals surface area contributed by atoms with Crippen molar-refractivity contribution in [3.63, 3.8) is 0 Å². The molecular formula is C27H29N5O. The van der Waals surface area contributed by atoms with Gasteiger partial charge in [0.1, 0.15) is 0 Å². The summed E-state index contributed by atoms with van der Waals surface area (Å²) in [5, 5.41) is 8.93. The van der Waals surface area contributed by atoms with Crippen molar-refractivity contribution < 1.29 is 4.79 Å². The number of hydrogen-bond donors (Lipinski definition) is 1. The fourth-order valence-electron chi connectivity index (χ4n) is 4.57. The zero-order valence-electron chi connectivity index (χ0n) is 19.3. The molecule has 0 bridgehead atoms. The molecule has 6 heteroatoms. The lowest BCUT2D eigenvalue weighted by molar-refractivity contribution is 0.0793. The molecule has 4 aromatic rings. The van der Waals surface area contributed by atoms with E-state index in [9.17, 15) is 4.79 Å². The van der Waals surface area contributed by atoms with Gasteiger partial charge in [-0.15, -0.1) is 0 Å². The number of para-hydroxylation sites is 1. The van der Waals surface area contributed by atoms with Crippen LogP contribution in [0.25, 0.3) is 22.3 Å². The van der Waals surface area contributed by atoms with E-state index in [1.54, 1.807) is 6.20 Å². The quantitative estimate of drug-likeness (QED) is 0.457. The Morgan fingerprint density at radius 1 is 1.09 bits per heavy atom. The lowest BCUT2D eigenvalue weighted by atomic mass is 10.0. The average molecular weight is 440 g/mol. The monoisotopic (exact) mass is 439 g/mol. The van der Waals surface area contributed by atoms with Crippen LogP contribution in [-0.2, 0) is 0 Å². The van der Waals surface area contributed by atoms with E-state index in [-0.39, 0.29) is 18.0 Å². The van der Waals surface area contributed by atoms with Crippen molar-refractivity contribution in [3.05, 3.63) is 78.0 Å². The van der Waals surface area contributed by atoms with Crippen LogP contribution < -0.4 is 5.32 Å². The van der Waals surface area contributed by atoms with Crippen molar-refractivity contribution in [2.45, 2.75) is 39.3 Å². The predicted molar refractivity (Wildman–Crippen MR) is 132 cm³/mol. The summed E-state index contributed by atoms with van der Waals surface area (Å²) in [7, 11) is 0. The van der Waals surface area contributed by atoms with Crippen LogP contribution in [0, 0.1) is 6.92 Å². The number of carbonyl (C=O) groups excluding carboxylic acids is 1. The molecule has 168 valence electrons. The first-order chi connectivity index (χ1) is 16.0. The number of likely N-dealkylation sites (tertiary alicyclic amines) is 1. The van der Waals surface area contributed by atoms with Gasteiger partial charge < -0.3 is 10.2 Å². The Hall–Kier alpha value is -3.67. The van der Waals surface area contributed by atoms with E-state index in [1.165, 1.54) is 0 Å². The van der Waals surface area contributed by atoms with E-state index in [0.29, 0.717) is 12.1 Å². The van der Waals surface area contributed by atoms with Crippen molar-refractivity contribution >= 4 is 22.6 Å². The van der Waals surface area contributed by atoms with Crippen LogP contribution in [0.5, 0.6) is 0 Å². The molecule has 0 radical (unpaired) electrons. The largest absolute Gasteiger partial charge is 0.380 e. The number of hydrogen-bond acceptors (Lipinski definition) is 4. The first-order valence-corrected chi connectivity index (χ1v) is 11.6. The minimum absolute atomic E-state index is 0.0397. The summed E-state index contributed by atoms with van der Waals surface area (Å²) in [4.78, 5) is 20.6. The average Bonchev–Trinajstić information content (AvgIpc) is 3.46. The molecule has 1 fully saturated rings. The number of fused-ring (bicyclic) bond motifs is 1. The highest BCUT2D eigenvalue weighted by molar-refractivity contribution is 6.06. The van der Waals surface area contributed by atoms with Gasteiger partial charge >= 0.3 is 0 Å². The standard InChI is InChI=1S/C27H29N5O/c1-18(2)32-26-24(16-28-32)23(15-25(30-26)22-12-8-7-9-19(22)3)27(33)31-14-13-21(17-31)29-20-10-5-4-6-11-20/h4-12,15-16,18,21,29H,13-14,17H2,1-3H3. The molecule has 1 aliphatic heterocycles. The Balaban J connectivity index is 1.50. The second-order valence-electron chi connectivity index (χ2n) is 9.04. The smallest absolute Gasteiger partial charge is 0.254 e. The van der Waals surface area contributed by atoms with Gasteiger partial charge in [-0.2, -0.15) is 5.10 Å². The summed E-state index contributed by atoms with van der Waals surface area (Å²) in [5.41, 5.74) is 5.49. The first kappa shape index (κ1) is 21.2. The molecule has 0 aliphatic carbocycles. The van der Waals surface area contributed by atoms with Crippen molar-refractivity contribution in [1.29, 1.82) is 0 Å². The molecule has 2 aromatic heterocycles. The summed E-state index contributed by atoms with van der Waals surface area (Å²) in [6, 6.07) is 20.7. The SMILES string of the molecule is Cc1ccccc1-c1cc(C(=O)N2CCC(Nc3ccccc3)C2)c2cnn(C(C)C)c2n1. The van der Waals surface area contributed by atoms with Gasteiger partial charge in [0.15, 0.2) is 5.65 Å². The van der Waals surface area contributed by atoms with Crippen LogP contribution in [-0.4, -0.2) is 44.7 Å². The number of carbonyl (C=O) groups is 1. The van der Waals surface area contributed by atoms with Gasteiger partial charge in [-0.05, 0) is 51.0 Å². The molecule has 3 heterocycles. The fourth-order valence-corrected chi connectivity index (χ4v) is 4.57. The Kier molecular flexibility index (Phi) is 5.58. The molecule has 1 N–H and O–H groups in total. The maximum absolute atomic E-state index is 13.7. The normalized spacial score (nSPS) is 16.0.